The summed E-state index contributed by atoms with van der Waals surface area (Å²) in [5, 5.41) is 17.3. The second kappa shape index (κ2) is 9.34. The van der Waals surface area contributed by atoms with Crippen molar-refractivity contribution in [2.75, 3.05) is 26.3 Å². The highest BCUT2D eigenvalue weighted by molar-refractivity contribution is 5.73. The number of aliphatic carboxylic acids is 1. The summed E-state index contributed by atoms with van der Waals surface area (Å²) in [4.78, 5) is 11.4. The molecule has 1 aromatic rings. The predicted molar refractivity (Wildman–Crippen MR) is 88.7 cm³/mol. The van der Waals surface area contributed by atoms with Crippen molar-refractivity contribution < 1.29 is 32.9 Å². The van der Waals surface area contributed by atoms with E-state index in [1.54, 1.807) is 0 Å². The van der Waals surface area contributed by atoms with E-state index in [4.69, 9.17) is 14.6 Å². The monoisotopic (exact) mass is 375 g/mol. The van der Waals surface area contributed by atoms with Gasteiger partial charge in [0.25, 0.3) is 0 Å². The van der Waals surface area contributed by atoms with Crippen LogP contribution in [0.3, 0.4) is 0 Å². The lowest BCUT2D eigenvalue weighted by molar-refractivity contribution is -0.192. The fourth-order valence-corrected chi connectivity index (χ4v) is 3.31. The number of carbonyl (C=O) groups is 1. The van der Waals surface area contributed by atoms with E-state index < -0.39 is 12.1 Å². The largest absolute Gasteiger partial charge is 0.490 e. The van der Waals surface area contributed by atoms with Gasteiger partial charge in [-0.15, -0.1) is 0 Å². The van der Waals surface area contributed by atoms with Gasteiger partial charge in [-0.3, -0.25) is 4.90 Å². The minimum absolute atomic E-state index is 0.178. The number of carboxylic acid groups (broad SMARTS) is 1. The first kappa shape index (κ1) is 20.7. The number of aliphatic hydroxyl groups is 1. The average Bonchev–Trinajstić information content (AvgIpc) is 3.21. The molecule has 1 aromatic carbocycles. The highest BCUT2D eigenvalue weighted by Crippen LogP contribution is 2.25. The zero-order chi connectivity index (χ0) is 19.2. The molecule has 2 saturated heterocycles. The van der Waals surface area contributed by atoms with Crippen LogP contribution in [0.2, 0.25) is 0 Å². The lowest BCUT2D eigenvalue weighted by atomic mass is 10.0. The summed E-state index contributed by atoms with van der Waals surface area (Å²) in [5.74, 6) is -2.10. The van der Waals surface area contributed by atoms with Crippen LogP contribution in [0, 0.1) is 5.92 Å². The van der Waals surface area contributed by atoms with Crippen molar-refractivity contribution in [3.63, 3.8) is 0 Å². The van der Waals surface area contributed by atoms with Gasteiger partial charge in [0.1, 0.15) is 0 Å². The Kier molecular flexibility index (Phi) is 7.43. The van der Waals surface area contributed by atoms with Gasteiger partial charge >= 0.3 is 12.1 Å². The van der Waals surface area contributed by atoms with Gasteiger partial charge in [-0.05, 0) is 30.7 Å². The van der Waals surface area contributed by atoms with E-state index in [2.05, 4.69) is 29.2 Å². The van der Waals surface area contributed by atoms with Gasteiger partial charge in [-0.2, -0.15) is 13.2 Å². The van der Waals surface area contributed by atoms with Crippen molar-refractivity contribution in [2.45, 2.75) is 37.6 Å². The quantitative estimate of drug-likeness (QED) is 0.845. The molecule has 2 aliphatic rings. The third-order valence-corrected chi connectivity index (χ3v) is 4.67. The van der Waals surface area contributed by atoms with Gasteiger partial charge in [0.2, 0.25) is 0 Å². The Balaban J connectivity index is 0.000000298. The second-order valence-corrected chi connectivity index (χ2v) is 6.64. The molecule has 2 heterocycles. The van der Waals surface area contributed by atoms with Crippen molar-refractivity contribution in [2.24, 2.45) is 5.92 Å². The third-order valence-electron chi connectivity index (χ3n) is 4.67. The summed E-state index contributed by atoms with van der Waals surface area (Å²) in [6.45, 7) is 3.90. The number of rotatable bonds is 4. The van der Waals surface area contributed by atoms with E-state index >= 15 is 0 Å². The van der Waals surface area contributed by atoms with E-state index in [-0.39, 0.29) is 12.1 Å². The highest BCUT2D eigenvalue weighted by atomic mass is 19.4. The smallest absolute Gasteiger partial charge is 0.475 e. The maximum absolute atomic E-state index is 10.6. The van der Waals surface area contributed by atoms with Gasteiger partial charge in [-0.25, -0.2) is 4.79 Å². The fraction of sp³-hybridized carbons (Fsp3) is 0.611. The lowest BCUT2D eigenvalue weighted by Gasteiger charge is -2.28. The number of benzene rings is 1. The lowest BCUT2D eigenvalue weighted by Crippen LogP contribution is -2.40. The van der Waals surface area contributed by atoms with Gasteiger partial charge in [0.15, 0.2) is 0 Å². The minimum atomic E-state index is -5.08. The number of hydrogen-bond acceptors (Lipinski definition) is 4. The molecule has 5 nitrogen and oxygen atoms in total. The topological polar surface area (TPSA) is 70.0 Å². The summed E-state index contributed by atoms with van der Waals surface area (Å²) in [6.07, 6.45) is -2.23. The van der Waals surface area contributed by atoms with Crippen LogP contribution in [-0.4, -0.2) is 65.7 Å². The van der Waals surface area contributed by atoms with Gasteiger partial charge in [0, 0.05) is 25.7 Å². The van der Waals surface area contributed by atoms with E-state index in [0.717, 1.165) is 39.1 Å². The predicted octanol–water partition coefficient (Wildman–Crippen LogP) is 2.33. The van der Waals surface area contributed by atoms with Crippen molar-refractivity contribution >= 4 is 5.97 Å². The van der Waals surface area contributed by atoms with Crippen molar-refractivity contribution in [1.82, 2.24) is 4.90 Å². The van der Waals surface area contributed by atoms with Gasteiger partial charge in [0.05, 0.1) is 12.7 Å². The molecule has 2 N–H and O–H groups in total. The number of alkyl halides is 3. The van der Waals surface area contributed by atoms with Gasteiger partial charge in [-0.1, -0.05) is 30.3 Å². The molecular formula is C18H24F3NO4. The van der Waals surface area contributed by atoms with Crippen LogP contribution in [0.5, 0.6) is 0 Å². The first-order valence-corrected chi connectivity index (χ1v) is 8.61. The van der Waals surface area contributed by atoms with Crippen molar-refractivity contribution in [3.05, 3.63) is 35.9 Å². The summed E-state index contributed by atoms with van der Waals surface area (Å²) in [5.41, 5.74) is 1.32. The van der Waals surface area contributed by atoms with Gasteiger partial charge < -0.3 is 14.9 Å². The molecule has 0 saturated carbocycles. The molecule has 26 heavy (non-hydrogen) atoms. The zero-order valence-electron chi connectivity index (χ0n) is 14.4. The summed E-state index contributed by atoms with van der Waals surface area (Å²) >= 11 is 0. The number of halogens is 3. The number of hydrogen-bond donors (Lipinski definition) is 2. The molecule has 3 rings (SSSR count). The number of ether oxygens (including phenoxy) is 1. The van der Waals surface area contributed by atoms with Crippen LogP contribution in [0.15, 0.2) is 30.3 Å². The molecule has 0 bridgehead atoms. The Morgan fingerprint density at radius 1 is 1.23 bits per heavy atom. The molecule has 8 heteroatoms. The first-order valence-electron chi connectivity index (χ1n) is 8.61. The summed E-state index contributed by atoms with van der Waals surface area (Å²) in [7, 11) is 0. The van der Waals surface area contributed by atoms with Crippen LogP contribution in [0.25, 0.3) is 0 Å². The Morgan fingerprint density at radius 2 is 1.88 bits per heavy atom. The number of nitrogens with zero attached hydrogens (tertiary/aromatic N) is 1. The summed E-state index contributed by atoms with van der Waals surface area (Å²) < 4.78 is 37.2. The average molecular weight is 375 g/mol. The Morgan fingerprint density at radius 3 is 2.42 bits per heavy atom. The Labute approximate surface area is 150 Å². The molecule has 0 radical (unpaired) electrons. The standard InChI is InChI=1S/C16H23NO2.C2HF3O2/c18-16-6-8-17(11-14-7-9-19-12-14)15(16)10-13-4-2-1-3-5-13;3-2(4,5)1(6)7/h1-5,14-16,18H,6-12H2;(H,6,7)/t14?,15-,16+;/m0./s1. The molecule has 2 aliphatic heterocycles. The van der Waals surface area contributed by atoms with Crippen LogP contribution in [0.4, 0.5) is 13.2 Å². The van der Waals surface area contributed by atoms with Crippen LogP contribution >= 0.6 is 0 Å². The van der Waals surface area contributed by atoms with Crippen LogP contribution in [-0.2, 0) is 16.0 Å². The molecule has 0 spiro atoms. The minimum Gasteiger partial charge on any atom is -0.475 e. The van der Waals surface area contributed by atoms with E-state index in [0.29, 0.717) is 5.92 Å². The highest BCUT2D eigenvalue weighted by Gasteiger charge is 2.38. The molecular weight excluding hydrogens is 351 g/mol. The molecule has 3 atom stereocenters. The Hall–Kier alpha value is -1.64. The molecule has 0 aliphatic carbocycles. The number of carboxylic acids is 1. The van der Waals surface area contributed by atoms with E-state index in [1.165, 1.54) is 12.0 Å². The zero-order valence-corrected chi connectivity index (χ0v) is 14.4. The Bertz CT molecular complexity index is 561. The first-order chi connectivity index (χ1) is 12.3. The van der Waals surface area contributed by atoms with E-state index in [9.17, 15) is 18.3 Å². The molecule has 2 fully saturated rings. The number of aliphatic hydroxyl groups excluding tert-OH is 1. The fourth-order valence-electron chi connectivity index (χ4n) is 3.31. The van der Waals surface area contributed by atoms with Crippen LogP contribution in [0.1, 0.15) is 18.4 Å². The van der Waals surface area contributed by atoms with E-state index in [1.807, 2.05) is 6.07 Å². The maximum Gasteiger partial charge on any atom is 0.490 e. The van der Waals surface area contributed by atoms with Crippen molar-refractivity contribution in [3.8, 4) is 0 Å². The van der Waals surface area contributed by atoms with Crippen molar-refractivity contribution in [1.29, 1.82) is 0 Å². The third kappa shape index (κ3) is 6.26. The molecule has 1 unspecified atom stereocenters. The summed E-state index contributed by atoms with van der Waals surface area (Å²) in [6, 6.07) is 10.8. The molecule has 0 amide bonds. The van der Waals surface area contributed by atoms with Crippen LogP contribution < -0.4 is 0 Å². The molecule has 146 valence electrons. The second-order valence-electron chi connectivity index (χ2n) is 6.64. The number of likely N-dealkylation sites (tertiary alicyclic amines) is 1. The molecule has 0 aromatic heterocycles. The normalized spacial score (nSPS) is 26.4. The SMILES string of the molecule is O=C(O)C(F)(F)F.O[C@@H]1CCN(CC2CCOC2)[C@H]1Cc1ccccc1. The maximum atomic E-state index is 10.6.